The first-order valence-electron chi connectivity index (χ1n) is 7.32. The van der Waals surface area contributed by atoms with Crippen molar-refractivity contribution in [2.75, 3.05) is 6.54 Å². The third-order valence-electron chi connectivity index (χ3n) is 3.48. The van der Waals surface area contributed by atoms with Crippen molar-refractivity contribution in [1.82, 2.24) is 5.32 Å². The minimum absolute atomic E-state index is 0.200. The molecular formula is C18H22FNO. The number of benzene rings is 2. The predicted molar refractivity (Wildman–Crippen MR) is 84.0 cm³/mol. The van der Waals surface area contributed by atoms with Crippen molar-refractivity contribution < 1.29 is 9.13 Å². The molecule has 0 spiro atoms. The monoisotopic (exact) mass is 287 g/mol. The van der Waals surface area contributed by atoms with Crippen LogP contribution in [0.25, 0.3) is 0 Å². The van der Waals surface area contributed by atoms with Gasteiger partial charge in [-0.05, 0) is 32.5 Å². The van der Waals surface area contributed by atoms with Crippen LogP contribution in [0, 0.1) is 12.7 Å². The zero-order valence-corrected chi connectivity index (χ0v) is 12.8. The van der Waals surface area contributed by atoms with Crippen molar-refractivity contribution in [2.24, 2.45) is 0 Å². The van der Waals surface area contributed by atoms with Crippen molar-refractivity contribution in [1.29, 1.82) is 0 Å². The lowest BCUT2D eigenvalue weighted by Crippen LogP contribution is -2.18. The summed E-state index contributed by atoms with van der Waals surface area (Å²) < 4.78 is 19.5. The highest BCUT2D eigenvalue weighted by Gasteiger charge is 2.12. The van der Waals surface area contributed by atoms with Gasteiger partial charge in [-0.3, -0.25) is 0 Å². The van der Waals surface area contributed by atoms with Gasteiger partial charge in [0.25, 0.3) is 0 Å². The van der Waals surface area contributed by atoms with E-state index in [2.05, 4.69) is 32.2 Å². The summed E-state index contributed by atoms with van der Waals surface area (Å²) in [6, 6.07) is 13.0. The fraction of sp³-hybridized carbons (Fsp3) is 0.333. The molecule has 1 atom stereocenters. The van der Waals surface area contributed by atoms with Crippen LogP contribution in [0.15, 0.2) is 42.5 Å². The van der Waals surface area contributed by atoms with E-state index in [0.29, 0.717) is 5.56 Å². The van der Waals surface area contributed by atoms with Gasteiger partial charge in [0, 0.05) is 17.2 Å². The number of ether oxygens (including phenoxy) is 1. The van der Waals surface area contributed by atoms with Gasteiger partial charge in [0.2, 0.25) is 0 Å². The van der Waals surface area contributed by atoms with Crippen LogP contribution in [-0.4, -0.2) is 6.54 Å². The zero-order chi connectivity index (χ0) is 15.2. The summed E-state index contributed by atoms with van der Waals surface area (Å²) in [5, 5.41) is 3.38. The van der Waals surface area contributed by atoms with E-state index in [4.69, 9.17) is 4.74 Å². The summed E-state index contributed by atoms with van der Waals surface area (Å²) in [6.07, 6.45) is 0. The maximum absolute atomic E-state index is 13.6. The van der Waals surface area contributed by atoms with Crippen LogP contribution in [0.4, 0.5) is 4.39 Å². The molecule has 0 aromatic heterocycles. The molecule has 3 heteroatoms. The number of aryl methyl sites for hydroxylation is 1. The summed E-state index contributed by atoms with van der Waals surface area (Å²) in [4.78, 5) is 0. The molecule has 1 N–H and O–H groups in total. The molecule has 0 amide bonds. The first kappa shape index (κ1) is 15.5. The average molecular weight is 287 g/mol. The SMILES string of the molecule is CCNC(C)c1cc(C)ccc1OCc1ccccc1F. The van der Waals surface area contributed by atoms with Crippen molar-refractivity contribution in [3.8, 4) is 5.75 Å². The summed E-state index contributed by atoms with van der Waals surface area (Å²) in [6.45, 7) is 7.37. The third-order valence-corrected chi connectivity index (χ3v) is 3.48. The second-order valence-corrected chi connectivity index (χ2v) is 5.20. The molecule has 0 bridgehead atoms. The number of rotatable bonds is 6. The summed E-state index contributed by atoms with van der Waals surface area (Å²) in [5.41, 5.74) is 2.86. The molecule has 2 rings (SSSR count). The van der Waals surface area contributed by atoms with E-state index in [1.165, 1.54) is 11.6 Å². The second-order valence-electron chi connectivity index (χ2n) is 5.20. The molecule has 0 saturated heterocycles. The Morgan fingerprint density at radius 3 is 2.67 bits per heavy atom. The molecule has 21 heavy (non-hydrogen) atoms. The lowest BCUT2D eigenvalue weighted by atomic mass is 10.0. The van der Waals surface area contributed by atoms with Gasteiger partial charge < -0.3 is 10.1 Å². The number of hydrogen-bond acceptors (Lipinski definition) is 2. The van der Waals surface area contributed by atoms with Gasteiger partial charge in [0.05, 0.1) is 0 Å². The first-order chi connectivity index (χ1) is 10.1. The smallest absolute Gasteiger partial charge is 0.129 e. The van der Waals surface area contributed by atoms with Crippen molar-refractivity contribution >= 4 is 0 Å². The van der Waals surface area contributed by atoms with E-state index in [0.717, 1.165) is 17.9 Å². The third kappa shape index (κ3) is 4.05. The second kappa shape index (κ2) is 7.23. The Hall–Kier alpha value is -1.87. The first-order valence-corrected chi connectivity index (χ1v) is 7.32. The minimum Gasteiger partial charge on any atom is -0.488 e. The van der Waals surface area contributed by atoms with E-state index < -0.39 is 0 Å². The Bertz CT molecular complexity index is 598. The van der Waals surface area contributed by atoms with E-state index in [9.17, 15) is 4.39 Å². The quantitative estimate of drug-likeness (QED) is 0.851. The highest BCUT2D eigenvalue weighted by Crippen LogP contribution is 2.27. The Morgan fingerprint density at radius 1 is 1.19 bits per heavy atom. The molecule has 0 aliphatic carbocycles. The Balaban J connectivity index is 2.18. The van der Waals surface area contributed by atoms with Crippen LogP contribution >= 0.6 is 0 Å². The van der Waals surface area contributed by atoms with Crippen molar-refractivity contribution in [3.63, 3.8) is 0 Å². The standard InChI is InChI=1S/C18H22FNO/c1-4-20-14(3)16-11-13(2)9-10-18(16)21-12-15-7-5-6-8-17(15)19/h5-11,14,20H,4,12H2,1-3H3. The molecule has 1 unspecified atom stereocenters. The number of halogens is 1. The van der Waals surface area contributed by atoms with Crippen LogP contribution in [0.5, 0.6) is 5.75 Å². The summed E-state index contributed by atoms with van der Waals surface area (Å²) >= 11 is 0. The Labute approximate surface area is 126 Å². The fourth-order valence-corrected chi connectivity index (χ4v) is 2.32. The van der Waals surface area contributed by atoms with E-state index in [-0.39, 0.29) is 18.5 Å². The van der Waals surface area contributed by atoms with Gasteiger partial charge in [-0.15, -0.1) is 0 Å². The average Bonchev–Trinajstić information content (AvgIpc) is 2.47. The van der Waals surface area contributed by atoms with Gasteiger partial charge >= 0.3 is 0 Å². The molecule has 0 radical (unpaired) electrons. The van der Waals surface area contributed by atoms with E-state index in [1.54, 1.807) is 12.1 Å². The molecule has 2 aromatic carbocycles. The molecule has 0 heterocycles. The number of nitrogens with one attached hydrogen (secondary N) is 1. The normalized spacial score (nSPS) is 12.2. The number of hydrogen-bond donors (Lipinski definition) is 1. The van der Waals surface area contributed by atoms with E-state index >= 15 is 0 Å². The molecular weight excluding hydrogens is 265 g/mol. The lowest BCUT2D eigenvalue weighted by molar-refractivity contribution is 0.294. The maximum atomic E-state index is 13.6. The molecule has 0 saturated carbocycles. The van der Waals surface area contributed by atoms with Crippen LogP contribution < -0.4 is 10.1 Å². The van der Waals surface area contributed by atoms with E-state index in [1.807, 2.05) is 18.2 Å². The van der Waals surface area contributed by atoms with Gasteiger partial charge in [-0.2, -0.15) is 0 Å². The zero-order valence-electron chi connectivity index (χ0n) is 12.8. The van der Waals surface area contributed by atoms with Crippen LogP contribution in [0.2, 0.25) is 0 Å². The summed E-state index contributed by atoms with van der Waals surface area (Å²) in [5.74, 6) is 0.572. The summed E-state index contributed by atoms with van der Waals surface area (Å²) in [7, 11) is 0. The van der Waals surface area contributed by atoms with Crippen LogP contribution in [0.3, 0.4) is 0 Å². The van der Waals surface area contributed by atoms with Gasteiger partial charge in [-0.1, -0.05) is 42.8 Å². The molecule has 2 nitrogen and oxygen atoms in total. The minimum atomic E-state index is -0.231. The fourth-order valence-electron chi connectivity index (χ4n) is 2.32. The Kier molecular flexibility index (Phi) is 5.34. The maximum Gasteiger partial charge on any atom is 0.129 e. The van der Waals surface area contributed by atoms with Crippen molar-refractivity contribution in [2.45, 2.75) is 33.4 Å². The highest BCUT2D eigenvalue weighted by molar-refractivity contribution is 5.39. The molecule has 112 valence electrons. The highest BCUT2D eigenvalue weighted by atomic mass is 19.1. The van der Waals surface area contributed by atoms with Gasteiger partial charge in [-0.25, -0.2) is 4.39 Å². The molecule has 0 aliphatic rings. The lowest BCUT2D eigenvalue weighted by Gasteiger charge is -2.18. The molecule has 0 aliphatic heterocycles. The van der Waals surface area contributed by atoms with Crippen LogP contribution in [0.1, 0.15) is 36.6 Å². The van der Waals surface area contributed by atoms with Crippen LogP contribution in [-0.2, 0) is 6.61 Å². The topological polar surface area (TPSA) is 21.3 Å². The molecule has 0 fully saturated rings. The van der Waals surface area contributed by atoms with Gasteiger partial charge in [0.1, 0.15) is 18.2 Å². The largest absolute Gasteiger partial charge is 0.488 e. The van der Waals surface area contributed by atoms with Crippen molar-refractivity contribution in [3.05, 3.63) is 65.0 Å². The van der Waals surface area contributed by atoms with Gasteiger partial charge in [0.15, 0.2) is 0 Å². The predicted octanol–water partition coefficient (Wildman–Crippen LogP) is 4.38. The molecule has 2 aromatic rings. The Morgan fingerprint density at radius 2 is 1.95 bits per heavy atom.